The van der Waals surface area contributed by atoms with E-state index in [-0.39, 0.29) is 24.5 Å². The third kappa shape index (κ3) is 4.01. The Bertz CT molecular complexity index is 683. The number of carboxylic acids is 1. The highest BCUT2D eigenvalue weighted by atomic mass is 32.1. The van der Waals surface area contributed by atoms with Crippen LogP contribution in [0.4, 0.5) is 13.2 Å². The zero-order valence-electron chi connectivity index (χ0n) is 14.4. The van der Waals surface area contributed by atoms with E-state index in [2.05, 4.69) is 10.3 Å². The van der Waals surface area contributed by atoms with Gasteiger partial charge in [0.25, 0.3) is 0 Å². The first-order valence-corrected chi connectivity index (χ1v) is 9.04. The number of halogens is 3. The summed E-state index contributed by atoms with van der Waals surface area (Å²) in [5, 5.41) is 22.6. The quantitative estimate of drug-likeness (QED) is 0.713. The number of thiazole rings is 1. The van der Waals surface area contributed by atoms with E-state index in [0.29, 0.717) is 24.2 Å². The summed E-state index contributed by atoms with van der Waals surface area (Å²) in [4.78, 5) is 27.6. The molecule has 1 amide bonds. The van der Waals surface area contributed by atoms with Crippen LogP contribution >= 0.6 is 11.3 Å². The standard InChI is InChI=1S/C16H21F3N2O4S/c1-9-3-5-14(6-4-9,13(23)24)21-11(22)7-15(25,16(17,18)19)12-20-10(2)8-26-12/h8-9,25H,3-7H2,1-2H3,(H,21,22)(H,23,24). The number of aromatic nitrogens is 1. The molecule has 146 valence electrons. The van der Waals surface area contributed by atoms with Crippen LogP contribution < -0.4 is 5.32 Å². The number of aryl methyl sites for hydroxylation is 1. The van der Waals surface area contributed by atoms with Crippen molar-refractivity contribution in [2.24, 2.45) is 5.92 Å². The number of carboxylic acid groups (broad SMARTS) is 1. The van der Waals surface area contributed by atoms with Crippen LogP contribution in [0.5, 0.6) is 0 Å². The summed E-state index contributed by atoms with van der Waals surface area (Å²) in [7, 11) is 0. The van der Waals surface area contributed by atoms with Crippen molar-refractivity contribution < 1.29 is 33.0 Å². The Labute approximate surface area is 152 Å². The Morgan fingerprint density at radius 3 is 2.38 bits per heavy atom. The van der Waals surface area contributed by atoms with Crippen molar-refractivity contribution in [2.75, 3.05) is 0 Å². The van der Waals surface area contributed by atoms with Crippen LogP contribution in [0.25, 0.3) is 0 Å². The molecule has 1 aliphatic rings. The molecule has 0 saturated heterocycles. The third-order valence-electron chi connectivity index (χ3n) is 4.77. The number of nitrogens with one attached hydrogen (secondary N) is 1. The van der Waals surface area contributed by atoms with Crippen molar-refractivity contribution in [3.05, 3.63) is 16.1 Å². The molecule has 1 unspecified atom stereocenters. The van der Waals surface area contributed by atoms with Gasteiger partial charge in [0.2, 0.25) is 11.5 Å². The highest BCUT2D eigenvalue weighted by Gasteiger charge is 2.58. The number of carbonyl (C=O) groups is 2. The first-order chi connectivity index (χ1) is 11.9. The summed E-state index contributed by atoms with van der Waals surface area (Å²) in [6, 6.07) is 0. The van der Waals surface area contributed by atoms with Crippen molar-refractivity contribution in [3.8, 4) is 0 Å². The molecule has 1 atom stereocenters. The van der Waals surface area contributed by atoms with Crippen molar-refractivity contribution in [1.29, 1.82) is 0 Å². The van der Waals surface area contributed by atoms with E-state index in [4.69, 9.17) is 0 Å². The van der Waals surface area contributed by atoms with Crippen LogP contribution in [0.15, 0.2) is 5.38 Å². The molecule has 1 aliphatic carbocycles. The highest BCUT2D eigenvalue weighted by Crippen LogP contribution is 2.43. The smallest absolute Gasteiger partial charge is 0.424 e. The van der Waals surface area contributed by atoms with Gasteiger partial charge in [-0.2, -0.15) is 13.2 Å². The fourth-order valence-corrected chi connectivity index (χ4v) is 3.95. The van der Waals surface area contributed by atoms with Crippen molar-refractivity contribution in [1.82, 2.24) is 10.3 Å². The van der Waals surface area contributed by atoms with Gasteiger partial charge in [-0.15, -0.1) is 11.3 Å². The van der Waals surface area contributed by atoms with Gasteiger partial charge in [0, 0.05) is 11.1 Å². The number of alkyl halides is 3. The Hall–Kier alpha value is -1.68. The third-order valence-corrected chi connectivity index (χ3v) is 5.89. The first kappa shape index (κ1) is 20.6. The maximum atomic E-state index is 13.5. The minimum atomic E-state index is -5.13. The lowest BCUT2D eigenvalue weighted by molar-refractivity contribution is -0.267. The molecule has 10 heteroatoms. The maximum absolute atomic E-state index is 13.5. The number of hydrogen-bond donors (Lipinski definition) is 3. The van der Waals surface area contributed by atoms with E-state index in [0.717, 1.165) is 0 Å². The first-order valence-electron chi connectivity index (χ1n) is 8.16. The summed E-state index contributed by atoms with van der Waals surface area (Å²) in [5.41, 5.74) is -4.77. The van der Waals surface area contributed by atoms with E-state index >= 15 is 0 Å². The van der Waals surface area contributed by atoms with Gasteiger partial charge in [0.1, 0.15) is 10.5 Å². The number of carbonyl (C=O) groups excluding carboxylic acids is 1. The highest BCUT2D eigenvalue weighted by molar-refractivity contribution is 7.09. The van der Waals surface area contributed by atoms with Gasteiger partial charge in [-0.25, -0.2) is 9.78 Å². The number of amides is 1. The van der Waals surface area contributed by atoms with Gasteiger partial charge in [0.15, 0.2) is 0 Å². The van der Waals surface area contributed by atoms with Gasteiger partial charge in [-0.3, -0.25) is 4.79 Å². The van der Waals surface area contributed by atoms with E-state index < -0.39 is 40.6 Å². The van der Waals surface area contributed by atoms with E-state index in [9.17, 15) is 33.0 Å². The lowest BCUT2D eigenvalue weighted by atomic mass is 9.77. The van der Waals surface area contributed by atoms with Gasteiger partial charge < -0.3 is 15.5 Å². The topological polar surface area (TPSA) is 99.5 Å². The van der Waals surface area contributed by atoms with Gasteiger partial charge >= 0.3 is 12.1 Å². The minimum Gasteiger partial charge on any atom is -0.480 e. The molecule has 26 heavy (non-hydrogen) atoms. The zero-order chi connectivity index (χ0) is 19.8. The van der Waals surface area contributed by atoms with Crippen LogP contribution in [0.1, 0.15) is 49.7 Å². The number of aliphatic hydroxyl groups is 1. The molecule has 1 saturated carbocycles. The summed E-state index contributed by atoms with van der Waals surface area (Å²) >= 11 is 0.600. The summed E-state index contributed by atoms with van der Waals surface area (Å²) in [6.07, 6.45) is -5.12. The van der Waals surface area contributed by atoms with Gasteiger partial charge in [0.05, 0.1) is 6.42 Å². The molecule has 0 aromatic carbocycles. The molecule has 0 spiro atoms. The molecule has 1 heterocycles. The molecule has 1 fully saturated rings. The fourth-order valence-electron chi connectivity index (χ4n) is 3.03. The van der Waals surface area contributed by atoms with E-state index in [1.165, 1.54) is 12.3 Å². The molecule has 0 radical (unpaired) electrons. The van der Waals surface area contributed by atoms with Crippen molar-refractivity contribution in [3.63, 3.8) is 0 Å². The molecule has 2 rings (SSSR count). The molecule has 0 aliphatic heterocycles. The number of aliphatic carboxylic acids is 1. The minimum absolute atomic E-state index is 0.135. The molecule has 0 bridgehead atoms. The van der Waals surface area contributed by atoms with E-state index in [1.54, 1.807) is 0 Å². The molecule has 3 N–H and O–H groups in total. The second kappa shape index (κ2) is 7.15. The molecular weight excluding hydrogens is 373 g/mol. The van der Waals surface area contributed by atoms with Gasteiger partial charge in [-0.1, -0.05) is 6.92 Å². The molecule has 1 aromatic heterocycles. The zero-order valence-corrected chi connectivity index (χ0v) is 15.2. The second-order valence-electron chi connectivity index (χ2n) is 6.95. The fraction of sp³-hybridized carbons (Fsp3) is 0.688. The molecular formula is C16H21F3N2O4S. The summed E-state index contributed by atoms with van der Waals surface area (Å²) in [5.74, 6) is -2.17. The Morgan fingerprint density at radius 2 is 1.96 bits per heavy atom. The lowest BCUT2D eigenvalue weighted by Crippen LogP contribution is -2.58. The van der Waals surface area contributed by atoms with Crippen molar-refractivity contribution in [2.45, 2.75) is 63.3 Å². The predicted octanol–water partition coefficient (Wildman–Crippen LogP) is 2.74. The maximum Gasteiger partial charge on any atom is 0.424 e. The predicted molar refractivity (Wildman–Crippen MR) is 87.6 cm³/mol. The largest absolute Gasteiger partial charge is 0.480 e. The molecule has 6 nitrogen and oxygen atoms in total. The van der Waals surface area contributed by atoms with Crippen LogP contribution in [0, 0.1) is 12.8 Å². The van der Waals surface area contributed by atoms with Crippen LogP contribution in [-0.4, -0.2) is 38.8 Å². The van der Waals surface area contributed by atoms with Crippen LogP contribution in [0.2, 0.25) is 0 Å². The average molecular weight is 394 g/mol. The summed E-state index contributed by atoms with van der Waals surface area (Å²) < 4.78 is 40.4. The van der Waals surface area contributed by atoms with Crippen LogP contribution in [0.3, 0.4) is 0 Å². The Morgan fingerprint density at radius 1 is 1.38 bits per heavy atom. The number of hydrogen-bond acceptors (Lipinski definition) is 5. The second-order valence-corrected chi connectivity index (χ2v) is 7.80. The monoisotopic (exact) mass is 394 g/mol. The lowest BCUT2D eigenvalue weighted by Gasteiger charge is -2.37. The van der Waals surface area contributed by atoms with E-state index in [1.807, 2.05) is 6.92 Å². The normalized spacial score (nSPS) is 26.2. The van der Waals surface area contributed by atoms with Crippen LogP contribution in [-0.2, 0) is 15.2 Å². The Balaban J connectivity index is 2.23. The number of rotatable bonds is 5. The molecule has 1 aromatic rings. The number of nitrogens with zero attached hydrogens (tertiary/aromatic N) is 1. The summed E-state index contributed by atoms with van der Waals surface area (Å²) in [6.45, 7) is 3.42. The Kier molecular flexibility index (Phi) is 5.67. The van der Waals surface area contributed by atoms with Gasteiger partial charge in [-0.05, 0) is 38.5 Å². The SMILES string of the molecule is Cc1csc(C(O)(CC(=O)NC2(C(=O)O)CCC(C)CC2)C(F)(F)F)n1. The van der Waals surface area contributed by atoms with Crippen molar-refractivity contribution >= 4 is 23.2 Å². The average Bonchev–Trinajstić information content (AvgIpc) is 2.95.